The summed E-state index contributed by atoms with van der Waals surface area (Å²) in [6, 6.07) is 27.6. The summed E-state index contributed by atoms with van der Waals surface area (Å²) in [7, 11) is 0. The van der Waals surface area contributed by atoms with E-state index < -0.39 is 0 Å². The van der Waals surface area contributed by atoms with E-state index in [2.05, 4.69) is 83.8 Å². The van der Waals surface area contributed by atoms with Gasteiger partial charge in [-0.15, -0.1) is 0 Å². The molecule has 4 rings (SSSR count). The zero-order chi connectivity index (χ0) is 12.7. The van der Waals surface area contributed by atoms with E-state index >= 15 is 0 Å². The Labute approximate surface area is 112 Å². The van der Waals surface area contributed by atoms with Gasteiger partial charge in [0.05, 0.1) is 5.69 Å². The molecule has 0 saturated heterocycles. The molecule has 0 radical (unpaired) electrons. The van der Waals surface area contributed by atoms with Crippen LogP contribution in [0.5, 0.6) is 0 Å². The Bertz CT molecular complexity index is 678. The highest BCUT2D eigenvalue weighted by Gasteiger charge is 2.23. The third-order valence-corrected chi connectivity index (χ3v) is 3.49. The molecule has 2 aromatic rings. The van der Waals surface area contributed by atoms with Gasteiger partial charge in [-0.3, -0.25) is 0 Å². The number of nitrogens with zero attached hydrogens (tertiary/aromatic N) is 1. The largest absolute Gasteiger partial charge is 0.310 e. The van der Waals surface area contributed by atoms with Crippen LogP contribution in [0.25, 0.3) is 11.1 Å². The second-order valence-electron chi connectivity index (χ2n) is 4.74. The summed E-state index contributed by atoms with van der Waals surface area (Å²) >= 11 is 0. The average molecular weight is 243 g/mol. The van der Waals surface area contributed by atoms with Gasteiger partial charge in [0.15, 0.2) is 0 Å². The van der Waals surface area contributed by atoms with Crippen LogP contribution in [0.4, 0.5) is 17.1 Å². The molecule has 2 aliphatic rings. The Balaban J connectivity index is 1.87. The van der Waals surface area contributed by atoms with Crippen LogP contribution in [0.15, 0.2) is 78.9 Å². The molecular formula is C18H13N. The predicted octanol–water partition coefficient (Wildman–Crippen LogP) is 5.14. The first-order valence-electron chi connectivity index (χ1n) is 6.48. The maximum Gasteiger partial charge on any atom is 0.0540 e. The van der Waals surface area contributed by atoms with Crippen molar-refractivity contribution in [3.63, 3.8) is 0 Å². The number of hydrogen-bond acceptors (Lipinski definition) is 1. The van der Waals surface area contributed by atoms with Gasteiger partial charge >= 0.3 is 0 Å². The molecule has 0 aliphatic heterocycles. The number of hydrogen-bond donors (Lipinski definition) is 0. The predicted molar refractivity (Wildman–Crippen MR) is 80.1 cm³/mol. The Morgan fingerprint density at radius 3 is 1.58 bits per heavy atom. The molecule has 2 aliphatic carbocycles. The van der Waals surface area contributed by atoms with E-state index in [0.29, 0.717) is 0 Å². The van der Waals surface area contributed by atoms with Crippen LogP contribution in [0, 0.1) is 0 Å². The molecule has 0 spiro atoms. The SMILES string of the molecule is c1ccc(N(c2ccccc2)c2ccc3cc2-3)cc1. The van der Waals surface area contributed by atoms with E-state index in [-0.39, 0.29) is 0 Å². The fourth-order valence-electron chi connectivity index (χ4n) is 2.51. The summed E-state index contributed by atoms with van der Waals surface area (Å²) in [6.07, 6.45) is 0. The van der Waals surface area contributed by atoms with Crippen LogP contribution in [0.2, 0.25) is 0 Å². The third-order valence-electron chi connectivity index (χ3n) is 3.49. The first kappa shape index (κ1) is 10.4. The molecule has 0 amide bonds. The first-order chi connectivity index (χ1) is 9.43. The highest BCUT2D eigenvalue weighted by atomic mass is 15.1. The van der Waals surface area contributed by atoms with Crippen molar-refractivity contribution in [2.45, 2.75) is 0 Å². The van der Waals surface area contributed by atoms with Crippen LogP contribution in [-0.2, 0) is 0 Å². The van der Waals surface area contributed by atoms with Crippen molar-refractivity contribution in [1.29, 1.82) is 0 Å². The second-order valence-corrected chi connectivity index (χ2v) is 4.74. The Morgan fingerprint density at radius 1 is 0.579 bits per heavy atom. The zero-order valence-electron chi connectivity index (χ0n) is 10.5. The summed E-state index contributed by atoms with van der Waals surface area (Å²) in [5, 5.41) is 0. The lowest BCUT2D eigenvalue weighted by molar-refractivity contribution is 1.30. The fraction of sp³-hybridized carbons (Fsp3) is 0. The van der Waals surface area contributed by atoms with Crippen molar-refractivity contribution < 1.29 is 0 Å². The molecule has 0 N–H and O–H groups in total. The van der Waals surface area contributed by atoms with Crippen LogP contribution in [0.3, 0.4) is 0 Å². The van der Waals surface area contributed by atoms with Gasteiger partial charge in [-0.25, -0.2) is 0 Å². The van der Waals surface area contributed by atoms with Gasteiger partial charge in [0.2, 0.25) is 0 Å². The number of benzene rings is 3. The lowest BCUT2D eigenvalue weighted by atomic mass is 10.2. The van der Waals surface area contributed by atoms with Gasteiger partial charge in [0.25, 0.3) is 0 Å². The fourth-order valence-corrected chi connectivity index (χ4v) is 2.51. The first-order valence-corrected chi connectivity index (χ1v) is 6.48. The monoisotopic (exact) mass is 243 g/mol. The molecule has 19 heavy (non-hydrogen) atoms. The lowest BCUT2D eigenvalue weighted by Crippen LogP contribution is -2.08. The average Bonchev–Trinajstić information content (AvgIpc) is 3.16. The zero-order valence-corrected chi connectivity index (χ0v) is 10.5. The summed E-state index contributed by atoms with van der Waals surface area (Å²) in [5.41, 5.74) is 6.40. The smallest absolute Gasteiger partial charge is 0.0540 e. The number of rotatable bonds is 3. The molecule has 1 nitrogen and oxygen atoms in total. The van der Waals surface area contributed by atoms with Crippen molar-refractivity contribution in [3.05, 3.63) is 78.9 Å². The van der Waals surface area contributed by atoms with Crippen LogP contribution in [-0.4, -0.2) is 0 Å². The van der Waals surface area contributed by atoms with Crippen LogP contribution in [0.1, 0.15) is 0 Å². The Kier molecular flexibility index (Phi) is 2.18. The van der Waals surface area contributed by atoms with Gasteiger partial charge < -0.3 is 4.90 Å². The molecule has 90 valence electrons. The van der Waals surface area contributed by atoms with E-state index in [1.54, 1.807) is 0 Å². The summed E-state index contributed by atoms with van der Waals surface area (Å²) in [5.74, 6) is 0. The molecule has 1 heteroatoms. The number of para-hydroxylation sites is 2. The Morgan fingerprint density at radius 2 is 1.16 bits per heavy atom. The normalized spacial score (nSPS) is 11.2. The minimum absolute atomic E-state index is 1.20. The number of fused-ring (bicyclic) bond motifs is 1. The van der Waals surface area contributed by atoms with Crippen LogP contribution >= 0.6 is 0 Å². The van der Waals surface area contributed by atoms with Crippen LogP contribution < -0.4 is 4.90 Å². The molecule has 0 unspecified atom stereocenters. The second kappa shape index (κ2) is 3.99. The number of anilines is 3. The molecule has 0 bridgehead atoms. The van der Waals surface area contributed by atoms with E-state index in [1.807, 2.05) is 0 Å². The maximum atomic E-state index is 2.31. The summed E-state index contributed by atoms with van der Waals surface area (Å²) in [6.45, 7) is 0. The van der Waals surface area contributed by atoms with Crippen molar-refractivity contribution in [3.8, 4) is 11.1 Å². The van der Waals surface area contributed by atoms with Crippen molar-refractivity contribution >= 4 is 17.1 Å². The van der Waals surface area contributed by atoms with Crippen molar-refractivity contribution in [1.82, 2.24) is 0 Å². The quantitative estimate of drug-likeness (QED) is 0.481. The maximum absolute atomic E-state index is 2.31. The molecule has 0 fully saturated rings. The van der Waals surface area contributed by atoms with E-state index in [0.717, 1.165) is 0 Å². The third kappa shape index (κ3) is 1.71. The molecule has 0 heterocycles. The van der Waals surface area contributed by atoms with Gasteiger partial charge in [-0.1, -0.05) is 42.5 Å². The minimum Gasteiger partial charge on any atom is -0.310 e. The standard InChI is InChI=1S/C18H13N/c1-3-7-15(8-4-1)19(16-9-5-2-6-10-16)18-12-11-14-13-17(14)18/h1-13H. The highest BCUT2D eigenvalue weighted by Crippen LogP contribution is 2.48. The van der Waals surface area contributed by atoms with Gasteiger partial charge in [-0.05, 0) is 42.0 Å². The van der Waals surface area contributed by atoms with Gasteiger partial charge in [0, 0.05) is 16.9 Å². The highest BCUT2D eigenvalue weighted by molar-refractivity contribution is 5.98. The molecule has 0 aromatic heterocycles. The molecule has 0 saturated carbocycles. The minimum atomic E-state index is 1.20. The van der Waals surface area contributed by atoms with Gasteiger partial charge in [0.1, 0.15) is 0 Å². The van der Waals surface area contributed by atoms with E-state index in [4.69, 9.17) is 0 Å². The van der Waals surface area contributed by atoms with Crippen molar-refractivity contribution in [2.75, 3.05) is 4.90 Å². The summed E-state index contributed by atoms with van der Waals surface area (Å²) < 4.78 is 0. The Hall–Kier alpha value is -2.54. The summed E-state index contributed by atoms with van der Waals surface area (Å²) in [4.78, 5) is 2.31. The van der Waals surface area contributed by atoms with Crippen molar-refractivity contribution in [2.24, 2.45) is 0 Å². The van der Waals surface area contributed by atoms with Gasteiger partial charge in [-0.2, -0.15) is 0 Å². The molecular weight excluding hydrogens is 230 g/mol. The topological polar surface area (TPSA) is 3.24 Å². The molecule has 2 aromatic carbocycles. The lowest BCUT2D eigenvalue weighted by Gasteiger charge is -2.24. The van der Waals surface area contributed by atoms with E-state index in [9.17, 15) is 0 Å². The molecule has 0 atom stereocenters. The van der Waals surface area contributed by atoms with E-state index in [1.165, 1.54) is 28.2 Å².